The highest BCUT2D eigenvalue weighted by molar-refractivity contribution is 8.00. The maximum Gasteiger partial charge on any atom is 0.0294 e. The van der Waals surface area contributed by atoms with Crippen molar-refractivity contribution in [3.05, 3.63) is 35.4 Å². The molecular weight excluding hydrogens is 214 g/mol. The van der Waals surface area contributed by atoms with Crippen molar-refractivity contribution in [2.45, 2.75) is 44.5 Å². The smallest absolute Gasteiger partial charge is 0.0294 e. The molecule has 2 rings (SSSR count). The summed E-state index contributed by atoms with van der Waals surface area (Å²) in [7, 11) is 0. The third kappa shape index (κ3) is 3.02. The Balaban J connectivity index is 1.92. The Kier molecular flexibility index (Phi) is 3.93. The molecule has 1 aliphatic heterocycles. The maximum atomic E-state index is 3.72. The summed E-state index contributed by atoms with van der Waals surface area (Å²) >= 11 is 2.08. The van der Waals surface area contributed by atoms with E-state index in [1.165, 1.54) is 23.3 Å². The van der Waals surface area contributed by atoms with E-state index in [9.17, 15) is 0 Å². The molecule has 1 saturated heterocycles. The lowest BCUT2D eigenvalue weighted by Crippen LogP contribution is -2.31. The van der Waals surface area contributed by atoms with Crippen LogP contribution in [0.1, 0.15) is 37.4 Å². The normalized spacial score (nSPS) is 26.9. The Hall–Kier alpha value is -0.470. The lowest BCUT2D eigenvalue weighted by molar-refractivity contribution is 0.474. The van der Waals surface area contributed by atoms with Crippen LogP contribution in [-0.4, -0.2) is 17.0 Å². The molecule has 0 amide bonds. The first kappa shape index (κ1) is 12.0. The molecule has 0 radical (unpaired) electrons. The van der Waals surface area contributed by atoms with E-state index in [4.69, 9.17) is 0 Å². The fraction of sp³-hybridized carbons (Fsp3) is 0.571. The first-order valence-corrected chi connectivity index (χ1v) is 7.14. The van der Waals surface area contributed by atoms with Gasteiger partial charge in [0, 0.05) is 23.1 Å². The van der Waals surface area contributed by atoms with Gasteiger partial charge in [0.2, 0.25) is 0 Å². The van der Waals surface area contributed by atoms with Gasteiger partial charge in [0.15, 0.2) is 0 Å². The molecular formula is C14H21NS. The van der Waals surface area contributed by atoms with Gasteiger partial charge in [0.05, 0.1) is 0 Å². The number of benzene rings is 1. The third-order valence-electron chi connectivity index (χ3n) is 3.26. The van der Waals surface area contributed by atoms with Gasteiger partial charge < -0.3 is 5.32 Å². The summed E-state index contributed by atoms with van der Waals surface area (Å²) in [6.45, 7) is 6.72. The van der Waals surface area contributed by atoms with Crippen LogP contribution < -0.4 is 5.32 Å². The fourth-order valence-electron chi connectivity index (χ4n) is 2.24. The number of hydrogen-bond acceptors (Lipinski definition) is 2. The third-order valence-corrected chi connectivity index (χ3v) is 4.62. The van der Waals surface area contributed by atoms with Crippen molar-refractivity contribution in [3.63, 3.8) is 0 Å². The highest BCUT2D eigenvalue weighted by Gasteiger charge is 2.23. The van der Waals surface area contributed by atoms with Crippen LogP contribution in [0.4, 0.5) is 0 Å². The van der Waals surface area contributed by atoms with Gasteiger partial charge in [-0.25, -0.2) is 0 Å². The molecule has 1 N–H and O–H groups in total. The zero-order valence-electron chi connectivity index (χ0n) is 10.4. The van der Waals surface area contributed by atoms with Gasteiger partial charge in [-0.15, -0.1) is 0 Å². The summed E-state index contributed by atoms with van der Waals surface area (Å²) in [5, 5.41) is 4.55. The van der Waals surface area contributed by atoms with Crippen molar-refractivity contribution >= 4 is 11.8 Å². The molecule has 1 heterocycles. The van der Waals surface area contributed by atoms with Gasteiger partial charge in [-0.05, 0) is 25.8 Å². The Labute approximate surface area is 103 Å². The van der Waals surface area contributed by atoms with Gasteiger partial charge in [0.25, 0.3) is 0 Å². The van der Waals surface area contributed by atoms with E-state index in [-0.39, 0.29) is 0 Å². The summed E-state index contributed by atoms with van der Waals surface area (Å²) in [5.74, 6) is 1.26. The van der Waals surface area contributed by atoms with Crippen LogP contribution >= 0.6 is 11.8 Å². The van der Waals surface area contributed by atoms with Crippen LogP contribution in [0.5, 0.6) is 0 Å². The van der Waals surface area contributed by atoms with Crippen LogP contribution in [0.15, 0.2) is 24.3 Å². The molecule has 2 unspecified atom stereocenters. The van der Waals surface area contributed by atoms with E-state index >= 15 is 0 Å². The van der Waals surface area contributed by atoms with Crippen molar-refractivity contribution < 1.29 is 0 Å². The molecule has 88 valence electrons. The standard InChI is InChI=1S/C14H21NS/c1-10-4-6-13(7-5-10)12(3)15-14-8-11(2)16-9-14/h4-7,11-12,14-15H,8-9H2,1-3H3/t11?,12-,14?/m1/s1. The van der Waals surface area contributed by atoms with E-state index in [1.807, 2.05) is 0 Å². The van der Waals surface area contributed by atoms with Crippen LogP contribution in [-0.2, 0) is 0 Å². The van der Waals surface area contributed by atoms with Crippen LogP contribution in [0.2, 0.25) is 0 Å². The predicted molar refractivity (Wildman–Crippen MR) is 73.1 cm³/mol. The first-order valence-electron chi connectivity index (χ1n) is 6.09. The molecule has 1 aliphatic rings. The molecule has 16 heavy (non-hydrogen) atoms. The SMILES string of the molecule is Cc1ccc([C@@H](C)NC2CSC(C)C2)cc1. The van der Waals surface area contributed by atoms with Crippen molar-refractivity contribution in [2.24, 2.45) is 0 Å². The molecule has 0 bridgehead atoms. The van der Waals surface area contributed by atoms with E-state index in [0.29, 0.717) is 12.1 Å². The van der Waals surface area contributed by atoms with E-state index < -0.39 is 0 Å². The Morgan fingerprint density at radius 3 is 2.56 bits per heavy atom. The second-order valence-corrected chi connectivity index (χ2v) is 6.35. The monoisotopic (exact) mass is 235 g/mol. The van der Waals surface area contributed by atoms with Crippen LogP contribution in [0.3, 0.4) is 0 Å². The number of nitrogens with one attached hydrogen (secondary N) is 1. The van der Waals surface area contributed by atoms with Gasteiger partial charge >= 0.3 is 0 Å². The molecule has 0 spiro atoms. The number of rotatable bonds is 3. The van der Waals surface area contributed by atoms with Crippen molar-refractivity contribution in [1.29, 1.82) is 0 Å². The second kappa shape index (κ2) is 5.24. The predicted octanol–water partition coefficient (Wildman–Crippen LogP) is 3.54. The molecule has 0 aromatic heterocycles. The maximum absolute atomic E-state index is 3.72. The molecule has 1 fully saturated rings. The zero-order chi connectivity index (χ0) is 11.5. The highest BCUT2D eigenvalue weighted by Crippen LogP contribution is 2.27. The van der Waals surface area contributed by atoms with Crippen molar-refractivity contribution in [3.8, 4) is 0 Å². The molecule has 0 saturated carbocycles. The minimum Gasteiger partial charge on any atom is -0.307 e. The van der Waals surface area contributed by atoms with E-state index in [1.54, 1.807) is 0 Å². The summed E-state index contributed by atoms with van der Waals surface area (Å²) in [4.78, 5) is 0. The quantitative estimate of drug-likeness (QED) is 0.860. The highest BCUT2D eigenvalue weighted by atomic mass is 32.2. The molecule has 0 aliphatic carbocycles. The second-order valence-electron chi connectivity index (χ2n) is 4.88. The Morgan fingerprint density at radius 2 is 2.00 bits per heavy atom. The van der Waals surface area contributed by atoms with Gasteiger partial charge in [-0.2, -0.15) is 11.8 Å². The first-order chi connectivity index (χ1) is 7.65. The zero-order valence-corrected chi connectivity index (χ0v) is 11.2. The van der Waals surface area contributed by atoms with E-state index in [0.717, 1.165) is 5.25 Å². The van der Waals surface area contributed by atoms with Gasteiger partial charge in [-0.1, -0.05) is 36.8 Å². The Morgan fingerprint density at radius 1 is 1.31 bits per heavy atom. The number of thioether (sulfide) groups is 1. The fourth-order valence-corrected chi connectivity index (χ4v) is 3.40. The lowest BCUT2D eigenvalue weighted by atomic mass is 10.0. The van der Waals surface area contributed by atoms with Crippen molar-refractivity contribution in [1.82, 2.24) is 5.32 Å². The summed E-state index contributed by atoms with van der Waals surface area (Å²) in [5.41, 5.74) is 2.73. The molecule has 1 nitrogen and oxygen atoms in total. The number of hydrogen-bond donors (Lipinski definition) is 1. The molecule has 1 aromatic rings. The average molecular weight is 235 g/mol. The molecule has 3 atom stereocenters. The summed E-state index contributed by atoms with van der Waals surface area (Å²) in [6, 6.07) is 10.0. The average Bonchev–Trinajstić information content (AvgIpc) is 2.65. The minimum absolute atomic E-state index is 0.469. The summed E-state index contributed by atoms with van der Waals surface area (Å²) in [6.07, 6.45) is 1.31. The van der Waals surface area contributed by atoms with E-state index in [2.05, 4.69) is 62.1 Å². The van der Waals surface area contributed by atoms with Crippen molar-refractivity contribution in [2.75, 3.05) is 5.75 Å². The largest absolute Gasteiger partial charge is 0.307 e. The topological polar surface area (TPSA) is 12.0 Å². The number of aryl methyl sites for hydroxylation is 1. The van der Waals surface area contributed by atoms with Gasteiger partial charge in [-0.3, -0.25) is 0 Å². The molecule has 1 aromatic carbocycles. The van der Waals surface area contributed by atoms with Crippen LogP contribution in [0.25, 0.3) is 0 Å². The van der Waals surface area contributed by atoms with Gasteiger partial charge in [0.1, 0.15) is 0 Å². The minimum atomic E-state index is 0.469. The molecule has 2 heteroatoms. The Bertz CT molecular complexity index is 333. The van der Waals surface area contributed by atoms with Crippen LogP contribution in [0, 0.1) is 6.92 Å². The lowest BCUT2D eigenvalue weighted by Gasteiger charge is -2.19. The summed E-state index contributed by atoms with van der Waals surface area (Å²) < 4.78 is 0.